The smallest absolute Gasteiger partial charge is 0.306 e. The predicted octanol–water partition coefficient (Wildman–Crippen LogP) is 9.38. The molecule has 0 aromatic heterocycles. The lowest BCUT2D eigenvalue weighted by Crippen LogP contribution is -2.76. The predicted molar refractivity (Wildman–Crippen MR) is 347 cm³/mol. The minimum absolute atomic E-state index is 0.0738. The van der Waals surface area contributed by atoms with Crippen LogP contribution in [0.15, 0.2) is 0 Å². The van der Waals surface area contributed by atoms with Crippen LogP contribution in [0.2, 0.25) is 0 Å². The number of esters is 8. The molecule has 0 aromatic rings. The van der Waals surface area contributed by atoms with Gasteiger partial charge in [-0.1, -0.05) is 184 Å². The van der Waals surface area contributed by atoms with Gasteiger partial charge >= 0.3 is 47.8 Å². The van der Waals surface area contributed by atoms with Gasteiger partial charge in [0.1, 0.15) is 55.9 Å². The first-order valence-electron chi connectivity index (χ1n) is 36.2. The van der Waals surface area contributed by atoms with E-state index in [1.807, 2.05) is 55.4 Å². The first kappa shape index (κ1) is 86.5. The Balaban J connectivity index is 3.52. The molecule has 15 atom stereocenters. The van der Waals surface area contributed by atoms with Gasteiger partial charge in [-0.25, -0.2) is 0 Å². The van der Waals surface area contributed by atoms with Crippen molar-refractivity contribution in [2.24, 2.45) is 0 Å². The van der Waals surface area contributed by atoms with Crippen LogP contribution in [-0.4, -0.2) is 190 Å². The molecule has 25 heteroatoms. The van der Waals surface area contributed by atoms with Crippen molar-refractivity contribution in [3.05, 3.63) is 0 Å². The van der Waals surface area contributed by atoms with Gasteiger partial charge < -0.3 is 82.7 Å². The van der Waals surface area contributed by atoms with Crippen LogP contribution in [0.1, 0.15) is 287 Å². The van der Waals surface area contributed by atoms with Crippen molar-refractivity contribution in [3.8, 4) is 0 Å². The summed E-state index contributed by atoms with van der Waals surface area (Å²) in [5, 5.41) is 69.8. The summed E-state index contributed by atoms with van der Waals surface area (Å²) in [5.74, 6) is -10.7. The Bertz CT molecular complexity index is 2150. The molecular formula is C70H122O25. The fraction of sp³-hybridized carbons (Fsp3) is 0.886. The van der Waals surface area contributed by atoms with Gasteiger partial charge in [0.05, 0.1) is 6.61 Å². The number of carbonyl (C=O) groups is 8. The molecule has 25 nitrogen and oxygen atoms in total. The van der Waals surface area contributed by atoms with Crippen molar-refractivity contribution in [1.82, 2.24) is 0 Å². The van der Waals surface area contributed by atoms with Gasteiger partial charge in [0.15, 0.2) is 36.6 Å². The Morgan fingerprint density at radius 3 is 1.04 bits per heavy atom. The first-order valence-corrected chi connectivity index (χ1v) is 36.2. The van der Waals surface area contributed by atoms with Crippen LogP contribution in [0.3, 0.4) is 0 Å². The van der Waals surface area contributed by atoms with E-state index in [2.05, 4.69) is 0 Å². The van der Waals surface area contributed by atoms with Gasteiger partial charge in [-0.15, -0.1) is 0 Å². The highest BCUT2D eigenvalue weighted by atomic mass is 16.8. The molecule has 2 aliphatic heterocycles. The van der Waals surface area contributed by atoms with Crippen molar-refractivity contribution in [2.45, 2.75) is 378 Å². The highest BCUT2D eigenvalue weighted by Crippen LogP contribution is 2.45. The van der Waals surface area contributed by atoms with Crippen molar-refractivity contribution in [1.29, 1.82) is 0 Å². The highest BCUT2D eigenvalue weighted by Gasteiger charge is 2.69. The number of ether oxygens (including phenoxy) is 11. The van der Waals surface area contributed by atoms with Gasteiger partial charge in [-0.05, 0) is 51.4 Å². The minimum Gasteiger partial charge on any atom is -0.463 e. The molecule has 552 valence electrons. The van der Waals surface area contributed by atoms with E-state index < -0.39 is 159 Å². The summed E-state index contributed by atoms with van der Waals surface area (Å²) >= 11 is 0. The first-order chi connectivity index (χ1) is 45.7. The third kappa shape index (κ3) is 32.3. The van der Waals surface area contributed by atoms with E-state index in [0.717, 1.165) is 44.9 Å². The zero-order valence-electron chi connectivity index (χ0n) is 58.6. The van der Waals surface area contributed by atoms with E-state index >= 15 is 0 Å². The second kappa shape index (κ2) is 50.7. The molecule has 2 fully saturated rings. The van der Waals surface area contributed by atoms with Crippen LogP contribution < -0.4 is 0 Å². The van der Waals surface area contributed by atoms with Crippen LogP contribution in [-0.2, 0) is 90.5 Å². The minimum atomic E-state index is -3.53. The Labute approximate surface area is 564 Å². The summed E-state index contributed by atoms with van der Waals surface area (Å²) in [6, 6.07) is 0. The number of hydrogen-bond donors (Lipinski definition) is 6. The maximum atomic E-state index is 14.8. The molecule has 6 N–H and O–H groups in total. The maximum absolute atomic E-state index is 14.8. The molecule has 0 bridgehead atoms. The summed E-state index contributed by atoms with van der Waals surface area (Å²) in [6.45, 7) is 12.6. The molecule has 0 aromatic carbocycles. The molecule has 0 amide bonds. The molecule has 2 rings (SSSR count). The molecule has 0 radical (unpaired) electrons. The lowest BCUT2D eigenvalue weighted by Gasteiger charge is -2.55. The van der Waals surface area contributed by atoms with E-state index in [9.17, 15) is 69.0 Å². The number of hydrogen-bond acceptors (Lipinski definition) is 25. The average Bonchev–Trinajstić information content (AvgIpc) is 0.728. The number of rotatable bonds is 54. The quantitative estimate of drug-likeness (QED) is 0.0187. The molecule has 0 spiro atoms. The van der Waals surface area contributed by atoms with Crippen LogP contribution in [0.4, 0.5) is 0 Å². The van der Waals surface area contributed by atoms with Crippen molar-refractivity contribution >= 4 is 47.8 Å². The largest absolute Gasteiger partial charge is 0.463 e. The van der Waals surface area contributed by atoms with Crippen LogP contribution in [0, 0.1) is 0 Å². The molecule has 0 saturated carbocycles. The zero-order chi connectivity index (χ0) is 70.6. The summed E-state index contributed by atoms with van der Waals surface area (Å²) in [4.78, 5) is 114. The molecule has 2 saturated heterocycles. The van der Waals surface area contributed by atoms with E-state index in [1.165, 1.54) is 0 Å². The Hall–Kier alpha value is -4.60. The van der Waals surface area contributed by atoms with Crippen LogP contribution >= 0.6 is 0 Å². The Morgan fingerprint density at radius 1 is 0.347 bits per heavy atom. The summed E-state index contributed by atoms with van der Waals surface area (Å²) in [5.41, 5.74) is 0. The third-order valence-corrected chi connectivity index (χ3v) is 16.9. The third-order valence-electron chi connectivity index (χ3n) is 16.9. The van der Waals surface area contributed by atoms with Gasteiger partial charge in [-0.3, -0.25) is 38.4 Å². The summed E-state index contributed by atoms with van der Waals surface area (Å²) < 4.78 is 70.1. The lowest BCUT2D eigenvalue weighted by molar-refractivity contribution is -0.446. The Kier molecular flexibility index (Phi) is 46.1. The summed E-state index contributed by atoms with van der Waals surface area (Å²) in [6.07, 6.45) is -17.7. The van der Waals surface area contributed by atoms with Crippen LogP contribution in [0.5, 0.6) is 0 Å². The monoisotopic (exact) mass is 1360 g/mol. The van der Waals surface area contributed by atoms with E-state index in [4.69, 9.17) is 52.1 Å². The van der Waals surface area contributed by atoms with Gasteiger partial charge in [-0.2, -0.15) is 0 Å². The van der Waals surface area contributed by atoms with E-state index in [0.29, 0.717) is 116 Å². The average molecular weight is 1360 g/mol. The number of unbranched alkanes of at least 4 members (excludes halogenated alkanes) is 20. The Morgan fingerprint density at radius 2 is 0.653 bits per heavy atom. The summed E-state index contributed by atoms with van der Waals surface area (Å²) in [7, 11) is 0. The van der Waals surface area contributed by atoms with Gasteiger partial charge in [0.25, 0.3) is 0 Å². The van der Waals surface area contributed by atoms with Crippen molar-refractivity contribution in [3.63, 3.8) is 0 Å². The number of aliphatic hydroxyl groups excluding tert-OH is 6. The fourth-order valence-corrected chi connectivity index (χ4v) is 11.2. The molecule has 1 unspecified atom stereocenters. The van der Waals surface area contributed by atoms with Gasteiger partial charge in [0.2, 0.25) is 12.1 Å². The number of aliphatic hydroxyl groups is 6. The second-order valence-electron chi connectivity index (χ2n) is 25.3. The molecule has 2 heterocycles. The molecule has 0 aliphatic carbocycles. The standard InChI is InChI=1S/C70H122O25/c1-9-17-25-27-35-43-57(79)92-66-64(90-55(77)41-33-23-15-7)62(88-53(75)39-31-21-13-5)49(46-85-51(73)37-29-19-11-3)87-69(66)95-70(67(84)61(83)60(82)59(81)48(72)45-71)68(93-58(80)44-36-28-26-18-10-2)65(91-56(78)42-34-24-16-8)63(89-54(76)40-32-22-14-6)50(94-70)47-86-52(74)38-30-20-12-4/h48-50,59-69,71-72,81-84H,9-47H2,1-8H3/t48-,49-,50-,59-,60+,61-,62-,63-,64+,65+,66+,67?,68+,69+,70+/m1/s1. The normalized spacial score (nSPS) is 23.5. The lowest BCUT2D eigenvalue weighted by atomic mass is 9.84. The van der Waals surface area contributed by atoms with Crippen LogP contribution in [0.25, 0.3) is 0 Å². The molecule has 2 aliphatic rings. The number of carbonyl (C=O) groups excluding carboxylic acids is 8. The SMILES string of the molecule is CCCCCCCC(=O)O[C@@H]1[C@H](O[C@]2(C(O)[C@H](O)[C@@H](O)[C@H](O)[C@H](O)CO)O[C@H](COC(=O)CCCCC)[C@@H](OC(=O)CCCCC)[C@H](OC(=O)CCCCC)[C@@H]2OC(=O)CCCCCCC)O[C@H](COC(=O)CCCCC)[C@@H](OC(=O)CCCCC)[C@@H]1OC(=O)CCCCC. The molecule has 95 heavy (non-hydrogen) atoms. The topological polar surface area (TPSA) is 359 Å². The maximum Gasteiger partial charge on any atom is 0.306 e. The van der Waals surface area contributed by atoms with Crippen molar-refractivity contribution < 1.29 is 121 Å². The van der Waals surface area contributed by atoms with Gasteiger partial charge in [0, 0.05) is 51.4 Å². The van der Waals surface area contributed by atoms with E-state index in [1.54, 1.807) is 0 Å². The van der Waals surface area contributed by atoms with Crippen molar-refractivity contribution in [2.75, 3.05) is 19.8 Å². The fourth-order valence-electron chi connectivity index (χ4n) is 11.2. The van der Waals surface area contributed by atoms with E-state index in [-0.39, 0.29) is 70.6 Å². The second-order valence-corrected chi connectivity index (χ2v) is 25.3. The highest BCUT2D eigenvalue weighted by molar-refractivity contribution is 5.73. The molecular weight excluding hydrogens is 1240 g/mol. The zero-order valence-corrected chi connectivity index (χ0v) is 58.6.